The van der Waals surface area contributed by atoms with E-state index in [0.29, 0.717) is 24.2 Å². The molecule has 0 aromatic heterocycles. The van der Waals surface area contributed by atoms with Gasteiger partial charge in [-0.2, -0.15) is 0 Å². The Hall–Kier alpha value is -2.12. The van der Waals surface area contributed by atoms with E-state index in [1.54, 1.807) is 31.2 Å². The van der Waals surface area contributed by atoms with E-state index in [4.69, 9.17) is 4.74 Å². The normalized spacial score (nSPS) is 16.5. The van der Waals surface area contributed by atoms with Crippen LogP contribution in [0.4, 0.5) is 5.69 Å². The van der Waals surface area contributed by atoms with Crippen molar-refractivity contribution in [3.8, 4) is 0 Å². The Kier molecular flexibility index (Phi) is 3.99. The van der Waals surface area contributed by atoms with Gasteiger partial charge in [0, 0.05) is 19.0 Å². The van der Waals surface area contributed by atoms with Gasteiger partial charge in [-0.05, 0) is 24.4 Å². The molecular weight excluding hydrogens is 316 g/mol. The first kappa shape index (κ1) is 15.8. The maximum absolute atomic E-state index is 12.9. The van der Waals surface area contributed by atoms with Crippen LogP contribution in [0.15, 0.2) is 41.3 Å². The van der Waals surface area contributed by atoms with Gasteiger partial charge in [0.2, 0.25) is 5.91 Å². The summed E-state index contributed by atoms with van der Waals surface area (Å²) in [6.07, 6.45) is 0. The lowest BCUT2D eigenvalue weighted by atomic mass is 10.1. The highest BCUT2D eigenvalue weighted by Crippen LogP contribution is 2.42. The lowest BCUT2D eigenvalue weighted by molar-refractivity contribution is -0.122. The van der Waals surface area contributed by atoms with E-state index < -0.39 is 16.1 Å². The number of sulfonamides is 1. The molecule has 6 nitrogen and oxygen atoms in total. The molecule has 23 heavy (non-hydrogen) atoms. The van der Waals surface area contributed by atoms with Crippen molar-refractivity contribution >= 4 is 32.4 Å². The minimum atomic E-state index is -3.73. The summed E-state index contributed by atoms with van der Waals surface area (Å²) >= 11 is 0. The molecule has 0 fully saturated rings. The second-order valence-corrected chi connectivity index (χ2v) is 7.18. The number of carbonyl (C=O) groups excluding carboxylic acids is 1. The van der Waals surface area contributed by atoms with Crippen LogP contribution in [0.2, 0.25) is 0 Å². The number of ether oxygens (including phenoxy) is 1. The fourth-order valence-electron chi connectivity index (χ4n) is 2.87. The molecule has 0 radical (unpaired) electrons. The number of hydrogen-bond donors (Lipinski definition) is 1. The van der Waals surface area contributed by atoms with Crippen LogP contribution in [0.1, 0.15) is 6.92 Å². The summed E-state index contributed by atoms with van der Waals surface area (Å²) in [4.78, 5) is 12.5. The molecule has 1 atom stereocenters. The summed E-state index contributed by atoms with van der Waals surface area (Å²) in [6, 6.07) is 9.72. The van der Waals surface area contributed by atoms with Gasteiger partial charge in [-0.3, -0.25) is 9.10 Å². The van der Waals surface area contributed by atoms with Crippen LogP contribution in [0.25, 0.3) is 10.8 Å². The van der Waals surface area contributed by atoms with Gasteiger partial charge in [0.05, 0.1) is 17.2 Å². The van der Waals surface area contributed by atoms with E-state index in [9.17, 15) is 13.2 Å². The van der Waals surface area contributed by atoms with E-state index >= 15 is 0 Å². The van der Waals surface area contributed by atoms with Gasteiger partial charge < -0.3 is 10.1 Å². The molecule has 0 saturated carbocycles. The molecule has 0 spiro atoms. The third-order valence-electron chi connectivity index (χ3n) is 3.96. The van der Waals surface area contributed by atoms with Crippen molar-refractivity contribution in [3.63, 3.8) is 0 Å². The Morgan fingerprint density at radius 2 is 1.96 bits per heavy atom. The smallest absolute Gasteiger partial charge is 0.265 e. The third kappa shape index (κ3) is 2.46. The van der Waals surface area contributed by atoms with Gasteiger partial charge in [0.25, 0.3) is 10.0 Å². The van der Waals surface area contributed by atoms with Crippen LogP contribution in [0.5, 0.6) is 0 Å². The minimum absolute atomic E-state index is 0.252. The summed E-state index contributed by atoms with van der Waals surface area (Å²) in [5.41, 5.74) is 0.549. The summed E-state index contributed by atoms with van der Waals surface area (Å²) < 4.78 is 31.8. The molecule has 1 aliphatic heterocycles. The van der Waals surface area contributed by atoms with Crippen molar-refractivity contribution in [3.05, 3.63) is 36.4 Å². The SMILES string of the molecule is COCCNC(=O)[C@H](C)N1c2cccc3cccc(c23)S1(=O)=O. The molecular formula is C16H18N2O4S. The number of carbonyl (C=O) groups is 1. The number of nitrogens with one attached hydrogen (secondary N) is 1. The van der Waals surface area contributed by atoms with Crippen LogP contribution in [-0.2, 0) is 19.6 Å². The highest BCUT2D eigenvalue weighted by Gasteiger charge is 2.40. The number of rotatable bonds is 5. The number of hydrogen-bond acceptors (Lipinski definition) is 4. The second kappa shape index (κ2) is 5.82. The zero-order valence-corrected chi connectivity index (χ0v) is 13.8. The molecule has 1 amide bonds. The maximum Gasteiger partial charge on any atom is 0.265 e. The zero-order chi connectivity index (χ0) is 16.6. The Labute approximate surface area is 135 Å². The summed E-state index contributed by atoms with van der Waals surface area (Å²) in [5.74, 6) is -0.351. The van der Waals surface area contributed by atoms with Crippen molar-refractivity contribution in [2.24, 2.45) is 0 Å². The number of nitrogens with zero attached hydrogens (tertiary/aromatic N) is 1. The van der Waals surface area contributed by atoms with Crippen molar-refractivity contribution in [2.45, 2.75) is 17.9 Å². The lowest BCUT2D eigenvalue weighted by Crippen LogP contribution is -2.47. The average molecular weight is 334 g/mol. The monoisotopic (exact) mass is 334 g/mol. The maximum atomic E-state index is 12.9. The Bertz CT molecular complexity index is 858. The van der Waals surface area contributed by atoms with Crippen LogP contribution < -0.4 is 9.62 Å². The predicted octanol–water partition coefficient (Wildman–Crippen LogP) is 1.50. The van der Waals surface area contributed by atoms with E-state index in [1.165, 1.54) is 11.4 Å². The van der Waals surface area contributed by atoms with Gasteiger partial charge in [0.1, 0.15) is 6.04 Å². The molecule has 1 N–H and O–H groups in total. The first-order valence-corrected chi connectivity index (χ1v) is 8.75. The molecule has 0 aliphatic carbocycles. The zero-order valence-electron chi connectivity index (χ0n) is 12.9. The molecule has 7 heteroatoms. The first-order chi connectivity index (χ1) is 11.0. The minimum Gasteiger partial charge on any atom is -0.383 e. The number of methoxy groups -OCH3 is 1. The van der Waals surface area contributed by atoms with E-state index in [2.05, 4.69) is 5.32 Å². The molecule has 122 valence electrons. The molecule has 0 saturated heterocycles. The molecule has 3 rings (SSSR count). The van der Waals surface area contributed by atoms with Crippen LogP contribution in [0, 0.1) is 0 Å². The molecule has 1 heterocycles. The quantitative estimate of drug-likeness (QED) is 0.841. The largest absolute Gasteiger partial charge is 0.383 e. The van der Waals surface area contributed by atoms with Crippen molar-refractivity contribution in [1.82, 2.24) is 5.32 Å². The fourth-order valence-corrected chi connectivity index (χ4v) is 4.73. The van der Waals surface area contributed by atoms with Crippen molar-refractivity contribution in [1.29, 1.82) is 0 Å². The van der Waals surface area contributed by atoms with E-state index in [-0.39, 0.29) is 10.8 Å². The third-order valence-corrected chi connectivity index (χ3v) is 5.88. The summed E-state index contributed by atoms with van der Waals surface area (Å²) in [5, 5.41) is 4.20. The second-order valence-electron chi connectivity index (χ2n) is 5.39. The number of anilines is 1. The van der Waals surface area contributed by atoms with Gasteiger partial charge >= 0.3 is 0 Å². The summed E-state index contributed by atoms with van der Waals surface area (Å²) in [6.45, 7) is 2.30. The van der Waals surface area contributed by atoms with Crippen LogP contribution in [0.3, 0.4) is 0 Å². The van der Waals surface area contributed by atoms with Crippen molar-refractivity contribution < 1.29 is 17.9 Å². The van der Waals surface area contributed by atoms with Gasteiger partial charge in [0.15, 0.2) is 0 Å². The highest BCUT2D eigenvalue weighted by atomic mass is 32.2. The average Bonchev–Trinajstić information content (AvgIpc) is 2.76. The topological polar surface area (TPSA) is 75.7 Å². The molecule has 0 unspecified atom stereocenters. The highest BCUT2D eigenvalue weighted by molar-refractivity contribution is 7.93. The van der Waals surface area contributed by atoms with Gasteiger partial charge in [-0.25, -0.2) is 8.42 Å². The Morgan fingerprint density at radius 1 is 1.26 bits per heavy atom. The van der Waals surface area contributed by atoms with Crippen LogP contribution >= 0.6 is 0 Å². The number of benzene rings is 2. The van der Waals surface area contributed by atoms with E-state index in [0.717, 1.165) is 5.39 Å². The molecule has 1 aliphatic rings. The standard InChI is InChI=1S/C16H18N2O4S/c1-11(16(19)17-9-10-22-2)18-13-7-3-5-12-6-4-8-14(15(12)13)23(18,20)21/h3-8,11H,9-10H2,1-2H3,(H,17,19)/t11-/m0/s1. The molecule has 0 bridgehead atoms. The van der Waals surface area contributed by atoms with Gasteiger partial charge in [-0.15, -0.1) is 0 Å². The Balaban J connectivity index is 2.02. The van der Waals surface area contributed by atoms with Crippen LogP contribution in [-0.4, -0.2) is 40.6 Å². The number of amides is 1. The Morgan fingerprint density at radius 3 is 2.65 bits per heavy atom. The predicted molar refractivity (Wildman–Crippen MR) is 88.0 cm³/mol. The molecule has 2 aromatic rings. The van der Waals surface area contributed by atoms with Crippen molar-refractivity contribution in [2.75, 3.05) is 24.6 Å². The van der Waals surface area contributed by atoms with Gasteiger partial charge in [-0.1, -0.05) is 24.3 Å². The summed E-state index contributed by atoms with van der Waals surface area (Å²) in [7, 11) is -2.19. The first-order valence-electron chi connectivity index (χ1n) is 7.31. The lowest BCUT2D eigenvalue weighted by Gasteiger charge is -2.25. The molecule has 2 aromatic carbocycles. The fraction of sp³-hybridized carbons (Fsp3) is 0.312. The van der Waals surface area contributed by atoms with E-state index in [1.807, 2.05) is 12.1 Å².